The van der Waals surface area contributed by atoms with Crippen LogP contribution in [-0.2, 0) is 0 Å². The Morgan fingerprint density at radius 1 is 0.923 bits per heavy atom. The maximum absolute atomic E-state index is 2.32. The van der Waals surface area contributed by atoms with Crippen molar-refractivity contribution in [2.24, 2.45) is 0 Å². The molecule has 0 unspecified atom stereocenters. The summed E-state index contributed by atoms with van der Waals surface area (Å²) in [5, 5.41) is 0. The van der Waals surface area contributed by atoms with E-state index in [1.54, 1.807) is 0 Å². The van der Waals surface area contributed by atoms with Crippen molar-refractivity contribution in [2.75, 3.05) is 18.8 Å². The van der Waals surface area contributed by atoms with Crippen molar-refractivity contribution in [3.05, 3.63) is 34.8 Å². The summed E-state index contributed by atoms with van der Waals surface area (Å²) in [7, 11) is -0.572. The maximum atomic E-state index is 2.32. The minimum Gasteiger partial charge on any atom is -0.224 e. The zero-order chi connectivity index (χ0) is 10.5. The lowest BCUT2D eigenvalue weighted by molar-refractivity contribution is 1.47. The van der Waals surface area contributed by atoms with Gasteiger partial charge in [-0.15, -0.1) is 0 Å². The van der Waals surface area contributed by atoms with Gasteiger partial charge >= 0.3 is 0 Å². The predicted octanol–water partition coefficient (Wildman–Crippen LogP) is 4.11. The number of hydrogen-bond acceptors (Lipinski definition) is 0. The van der Waals surface area contributed by atoms with Crippen LogP contribution in [0.3, 0.4) is 0 Å². The average molecular weight is 198 g/mol. The van der Waals surface area contributed by atoms with Gasteiger partial charge in [0.1, 0.15) is 0 Å². The Hall–Kier alpha value is -0.430. The summed E-state index contributed by atoms with van der Waals surface area (Å²) in [5.41, 5.74) is 1.32. The van der Waals surface area contributed by atoms with E-state index in [-0.39, 0.29) is 0 Å². The van der Waals surface area contributed by atoms with Gasteiger partial charge in [0.2, 0.25) is 0 Å². The smallest absolute Gasteiger partial charge is 0.0149 e. The molecule has 0 saturated heterocycles. The van der Waals surface area contributed by atoms with Crippen molar-refractivity contribution in [3.8, 4) is 0 Å². The second-order valence-electron chi connectivity index (χ2n) is 3.89. The lowest BCUT2D eigenvalue weighted by Gasteiger charge is -2.26. The Balaban J connectivity index is 4.60. The third kappa shape index (κ3) is 4.99. The molecule has 0 saturated carbocycles. The topological polar surface area (TPSA) is 0 Å². The highest BCUT2D eigenvalue weighted by molar-refractivity contribution is 8.35. The van der Waals surface area contributed by atoms with Crippen LogP contribution in [0.2, 0.25) is 0 Å². The fourth-order valence-electron chi connectivity index (χ4n) is 0.964. The Morgan fingerprint density at radius 2 is 1.46 bits per heavy atom. The van der Waals surface area contributed by atoms with Crippen molar-refractivity contribution in [3.63, 3.8) is 0 Å². The van der Waals surface area contributed by atoms with Crippen molar-refractivity contribution in [2.45, 2.75) is 20.8 Å². The van der Waals surface area contributed by atoms with Crippen LogP contribution in [0.5, 0.6) is 0 Å². The molecule has 0 aromatic rings. The monoisotopic (exact) mass is 198 g/mol. The molecule has 0 radical (unpaired) electrons. The van der Waals surface area contributed by atoms with Crippen LogP contribution >= 0.6 is 10.0 Å². The first kappa shape index (κ1) is 12.6. The predicted molar refractivity (Wildman–Crippen MR) is 67.7 cm³/mol. The fourth-order valence-corrected chi connectivity index (χ4v) is 2.15. The first-order valence-electron chi connectivity index (χ1n) is 4.57. The number of rotatable bonds is 3. The summed E-state index contributed by atoms with van der Waals surface area (Å²) < 4.78 is 0. The number of allylic oxidation sites excluding steroid dienone is 5. The van der Waals surface area contributed by atoms with Crippen LogP contribution in [0.25, 0.3) is 0 Å². The van der Waals surface area contributed by atoms with Crippen LogP contribution in [0, 0.1) is 0 Å². The van der Waals surface area contributed by atoms with Gasteiger partial charge in [-0.25, -0.2) is 10.0 Å². The molecule has 13 heavy (non-hydrogen) atoms. The molecular formula is C12H22S. The molecule has 0 bridgehead atoms. The minimum atomic E-state index is -0.572. The normalized spacial score (nSPS) is 16.8. The van der Waals surface area contributed by atoms with Crippen LogP contribution < -0.4 is 0 Å². The van der Waals surface area contributed by atoms with Gasteiger partial charge < -0.3 is 0 Å². The van der Waals surface area contributed by atoms with E-state index in [0.717, 1.165) is 0 Å². The summed E-state index contributed by atoms with van der Waals surface area (Å²) in [6, 6.07) is 0. The van der Waals surface area contributed by atoms with Crippen molar-refractivity contribution >= 4 is 10.0 Å². The van der Waals surface area contributed by atoms with Crippen molar-refractivity contribution in [1.29, 1.82) is 0 Å². The molecule has 1 heteroatoms. The van der Waals surface area contributed by atoms with Gasteiger partial charge in [0, 0.05) is 0 Å². The largest absolute Gasteiger partial charge is 0.224 e. The van der Waals surface area contributed by atoms with E-state index in [9.17, 15) is 0 Å². The lowest BCUT2D eigenvalue weighted by atomic mass is 10.2. The van der Waals surface area contributed by atoms with E-state index in [1.165, 1.54) is 10.5 Å². The highest BCUT2D eigenvalue weighted by Crippen LogP contribution is 2.45. The third-order valence-corrected chi connectivity index (χ3v) is 3.74. The lowest BCUT2D eigenvalue weighted by Crippen LogP contribution is -1.93. The highest BCUT2D eigenvalue weighted by atomic mass is 32.3. The van der Waals surface area contributed by atoms with Gasteiger partial charge in [-0.1, -0.05) is 29.9 Å². The van der Waals surface area contributed by atoms with Crippen molar-refractivity contribution in [1.82, 2.24) is 0 Å². The van der Waals surface area contributed by atoms with Gasteiger partial charge in [0.25, 0.3) is 0 Å². The quantitative estimate of drug-likeness (QED) is 0.599. The van der Waals surface area contributed by atoms with Crippen LogP contribution in [-0.4, -0.2) is 18.8 Å². The van der Waals surface area contributed by atoms with E-state index >= 15 is 0 Å². The maximum Gasteiger partial charge on any atom is -0.0149 e. The molecule has 76 valence electrons. The summed E-state index contributed by atoms with van der Waals surface area (Å²) in [5.74, 6) is 0. The summed E-state index contributed by atoms with van der Waals surface area (Å²) in [6.07, 6.45) is 15.7. The molecule has 0 spiro atoms. The van der Waals surface area contributed by atoms with E-state index in [1.807, 2.05) is 0 Å². The molecular weight excluding hydrogens is 176 g/mol. The molecule has 0 aromatic heterocycles. The second-order valence-corrected chi connectivity index (χ2v) is 8.04. The van der Waals surface area contributed by atoms with E-state index in [2.05, 4.69) is 63.8 Å². The summed E-state index contributed by atoms with van der Waals surface area (Å²) >= 11 is 0. The van der Waals surface area contributed by atoms with E-state index < -0.39 is 10.0 Å². The Labute approximate surface area is 84.7 Å². The molecule has 0 N–H and O–H groups in total. The zero-order valence-corrected chi connectivity index (χ0v) is 10.5. The molecule has 0 heterocycles. The van der Waals surface area contributed by atoms with Gasteiger partial charge in [-0.3, -0.25) is 0 Å². The van der Waals surface area contributed by atoms with Gasteiger partial charge in [0.15, 0.2) is 0 Å². The highest BCUT2D eigenvalue weighted by Gasteiger charge is 2.06. The van der Waals surface area contributed by atoms with E-state index in [4.69, 9.17) is 0 Å². The standard InChI is InChI=1S/C12H22S/c1-7-11(3)9-10-12(8-2)13(4,5)6/h7-10H,1-6H3. The Morgan fingerprint density at radius 3 is 1.77 bits per heavy atom. The molecule has 0 aliphatic carbocycles. The Kier molecular flexibility index (Phi) is 5.16. The minimum absolute atomic E-state index is 0.572. The third-order valence-electron chi connectivity index (χ3n) is 1.96. The van der Waals surface area contributed by atoms with Gasteiger partial charge in [-0.2, -0.15) is 0 Å². The number of hydrogen-bond donors (Lipinski definition) is 0. The molecule has 0 aromatic carbocycles. The van der Waals surface area contributed by atoms with E-state index in [0.29, 0.717) is 0 Å². The molecule has 0 rings (SSSR count). The van der Waals surface area contributed by atoms with Crippen LogP contribution in [0.15, 0.2) is 34.8 Å². The molecule has 0 aliphatic heterocycles. The fraction of sp³-hybridized carbons (Fsp3) is 0.500. The first-order valence-corrected chi connectivity index (χ1v) is 7.43. The van der Waals surface area contributed by atoms with Crippen LogP contribution in [0.1, 0.15) is 20.8 Å². The molecule has 0 aliphatic rings. The molecule has 0 nitrogen and oxygen atoms in total. The molecule has 0 amide bonds. The molecule has 0 atom stereocenters. The van der Waals surface area contributed by atoms with Crippen molar-refractivity contribution < 1.29 is 0 Å². The summed E-state index contributed by atoms with van der Waals surface area (Å²) in [6.45, 7) is 6.31. The average Bonchev–Trinajstić information content (AvgIpc) is 2.02. The summed E-state index contributed by atoms with van der Waals surface area (Å²) in [4.78, 5) is 1.47. The van der Waals surface area contributed by atoms with Gasteiger partial charge in [0.05, 0.1) is 0 Å². The zero-order valence-electron chi connectivity index (χ0n) is 9.72. The van der Waals surface area contributed by atoms with Crippen LogP contribution in [0.4, 0.5) is 0 Å². The van der Waals surface area contributed by atoms with Gasteiger partial charge in [-0.05, 0) is 44.4 Å². The first-order chi connectivity index (χ1) is 5.91. The SMILES string of the molecule is CC=C(C)C=CC(=CC)S(C)(C)C. The second kappa shape index (κ2) is 5.33. The Bertz CT molecular complexity index is 236. The molecule has 0 fully saturated rings.